The maximum Gasteiger partial charge on any atom is 0.227 e. The Morgan fingerprint density at radius 3 is 2.83 bits per heavy atom. The number of carbonyl (C=O) groups excluding carboxylic acids is 1. The SMILES string of the molecule is CN(C)Cc1cccc(N2CC(CCl)CC2=O)c1. The van der Waals surface area contributed by atoms with Gasteiger partial charge in [0.1, 0.15) is 0 Å². The van der Waals surface area contributed by atoms with Gasteiger partial charge in [-0.1, -0.05) is 12.1 Å². The number of rotatable bonds is 4. The van der Waals surface area contributed by atoms with Gasteiger partial charge in [-0.2, -0.15) is 0 Å². The van der Waals surface area contributed by atoms with Crippen molar-refractivity contribution in [2.24, 2.45) is 5.92 Å². The number of hydrogen-bond acceptors (Lipinski definition) is 2. The Morgan fingerprint density at radius 1 is 1.44 bits per heavy atom. The van der Waals surface area contributed by atoms with Crippen molar-refractivity contribution in [3.05, 3.63) is 29.8 Å². The predicted molar refractivity (Wildman–Crippen MR) is 75.0 cm³/mol. The molecule has 1 fully saturated rings. The van der Waals surface area contributed by atoms with Crippen LogP contribution in [0.3, 0.4) is 0 Å². The second-order valence-electron chi connectivity index (χ2n) is 5.14. The Bertz CT molecular complexity index is 434. The van der Waals surface area contributed by atoms with E-state index < -0.39 is 0 Å². The number of anilines is 1. The van der Waals surface area contributed by atoms with Crippen molar-refractivity contribution < 1.29 is 4.79 Å². The van der Waals surface area contributed by atoms with Crippen molar-refractivity contribution in [3.63, 3.8) is 0 Å². The van der Waals surface area contributed by atoms with Crippen LogP contribution >= 0.6 is 11.6 Å². The molecule has 0 spiro atoms. The highest BCUT2D eigenvalue weighted by atomic mass is 35.5. The van der Waals surface area contributed by atoms with Gasteiger partial charge in [0, 0.05) is 31.1 Å². The van der Waals surface area contributed by atoms with E-state index in [4.69, 9.17) is 11.6 Å². The highest BCUT2D eigenvalue weighted by molar-refractivity contribution is 6.18. The smallest absolute Gasteiger partial charge is 0.227 e. The number of halogens is 1. The van der Waals surface area contributed by atoms with Crippen LogP contribution in [0, 0.1) is 5.92 Å². The van der Waals surface area contributed by atoms with Crippen LogP contribution in [-0.4, -0.2) is 37.3 Å². The Hall–Kier alpha value is -1.06. The molecular formula is C14H19ClN2O. The standard InChI is InChI=1S/C14H19ClN2O/c1-16(2)9-11-4-3-5-13(6-11)17-10-12(8-15)7-14(17)18/h3-6,12H,7-10H2,1-2H3. The summed E-state index contributed by atoms with van der Waals surface area (Å²) in [5.74, 6) is 1.03. The van der Waals surface area contributed by atoms with Crippen LogP contribution in [-0.2, 0) is 11.3 Å². The molecule has 0 aliphatic carbocycles. The fourth-order valence-corrected chi connectivity index (χ4v) is 2.53. The van der Waals surface area contributed by atoms with E-state index in [-0.39, 0.29) is 11.8 Å². The van der Waals surface area contributed by atoms with Gasteiger partial charge < -0.3 is 9.80 Å². The number of hydrogen-bond donors (Lipinski definition) is 0. The number of benzene rings is 1. The first-order valence-electron chi connectivity index (χ1n) is 6.20. The minimum Gasteiger partial charge on any atom is -0.312 e. The lowest BCUT2D eigenvalue weighted by Crippen LogP contribution is -2.24. The van der Waals surface area contributed by atoms with Crippen molar-refractivity contribution in [2.45, 2.75) is 13.0 Å². The molecule has 1 aliphatic heterocycles. The first-order valence-corrected chi connectivity index (χ1v) is 6.73. The van der Waals surface area contributed by atoms with Gasteiger partial charge >= 0.3 is 0 Å². The lowest BCUT2D eigenvalue weighted by atomic mass is 10.1. The van der Waals surface area contributed by atoms with Gasteiger partial charge in [0.05, 0.1) is 0 Å². The monoisotopic (exact) mass is 266 g/mol. The number of alkyl halides is 1. The van der Waals surface area contributed by atoms with E-state index in [1.165, 1.54) is 5.56 Å². The third kappa shape index (κ3) is 3.03. The second kappa shape index (κ2) is 5.72. The summed E-state index contributed by atoms with van der Waals surface area (Å²) in [5, 5.41) is 0. The highest BCUT2D eigenvalue weighted by Crippen LogP contribution is 2.26. The van der Waals surface area contributed by atoms with E-state index in [2.05, 4.69) is 17.0 Å². The third-order valence-corrected chi connectivity index (χ3v) is 3.58. The van der Waals surface area contributed by atoms with Crippen molar-refractivity contribution in [1.29, 1.82) is 0 Å². The van der Waals surface area contributed by atoms with Gasteiger partial charge in [-0.15, -0.1) is 11.6 Å². The molecule has 98 valence electrons. The van der Waals surface area contributed by atoms with Crippen molar-refractivity contribution in [2.75, 3.05) is 31.4 Å². The molecule has 1 atom stereocenters. The van der Waals surface area contributed by atoms with E-state index in [1.807, 2.05) is 31.1 Å². The molecule has 0 saturated carbocycles. The van der Waals surface area contributed by atoms with Crippen LogP contribution in [0.4, 0.5) is 5.69 Å². The summed E-state index contributed by atoms with van der Waals surface area (Å²) in [5.41, 5.74) is 2.21. The zero-order valence-corrected chi connectivity index (χ0v) is 11.7. The zero-order valence-electron chi connectivity index (χ0n) is 10.9. The molecule has 0 bridgehead atoms. The fourth-order valence-electron chi connectivity index (χ4n) is 2.32. The van der Waals surface area contributed by atoms with Gasteiger partial charge in [-0.3, -0.25) is 4.79 Å². The van der Waals surface area contributed by atoms with E-state index >= 15 is 0 Å². The summed E-state index contributed by atoms with van der Waals surface area (Å²) in [6.45, 7) is 1.63. The summed E-state index contributed by atoms with van der Waals surface area (Å²) in [7, 11) is 4.08. The molecule has 1 unspecified atom stereocenters. The number of carbonyl (C=O) groups is 1. The summed E-state index contributed by atoms with van der Waals surface area (Å²) < 4.78 is 0. The average Bonchev–Trinajstić information content (AvgIpc) is 2.70. The van der Waals surface area contributed by atoms with E-state index in [0.717, 1.165) is 18.8 Å². The van der Waals surface area contributed by atoms with Crippen molar-refractivity contribution in [3.8, 4) is 0 Å². The molecule has 18 heavy (non-hydrogen) atoms. The number of nitrogens with zero attached hydrogens (tertiary/aromatic N) is 2. The second-order valence-corrected chi connectivity index (χ2v) is 5.45. The maximum absolute atomic E-state index is 11.9. The molecule has 1 aliphatic rings. The average molecular weight is 267 g/mol. The van der Waals surface area contributed by atoms with Crippen LogP contribution in [0.15, 0.2) is 24.3 Å². The van der Waals surface area contributed by atoms with Gasteiger partial charge in [0.2, 0.25) is 5.91 Å². The third-order valence-electron chi connectivity index (χ3n) is 3.14. The minimum atomic E-state index is 0.183. The van der Waals surface area contributed by atoms with Crippen molar-refractivity contribution in [1.82, 2.24) is 4.90 Å². The Balaban J connectivity index is 2.16. The minimum absolute atomic E-state index is 0.183. The molecule has 0 aromatic heterocycles. The largest absolute Gasteiger partial charge is 0.312 e. The first kappa shape index (κ1) is 13.4. The predicted octanol–water partition coefficient (Wildman–Crippen LogP) is 2.34. The zero-order chi connectivity index (χ0) is 13.1. The van der Waals surface area contributed by atoms with E-state index in [0.29, 0.717) is 12.3 Å². The summed E-state index contributed by atoms with van der Waals surface area (Å²) in [6, 6.07) is 8.18. The molecule has 1 heterocycles. The van der Waals surface area contributed by atoms with E-state index in [9.17, 15) is 4.79 Å². The Morgan fingerprint density at radius 2 is 2.22 bits per heavy atom. The molecule has 4 heteroatoms. The topological polar surface area (TPSA) is 23.6 Å². The normalized spacial score (nSPS) is 19.9. The first-order chi connectivity index (χ1) is 8.60. The quantitative estimate of drug-likeness (QED) is 0.781. The van der Waals surface area contributed by atoms with Crippen LogP contribution in [0.2, 0.25) is 0 Å². The van der Waals surface area contributed by atoms with Crippen LogP contribution in [0.1, 0.15) is 12.0 Å². The Kier molecular flexibility index (Phi) is 4.25. The molecular weight excluding hydrogens is 248 g/mol. The van der Waals surface area contributed by atoms with E-state index in [1.54, 1.807) is 0 Å². The molecule has 1 saturated heterocycles. The number of amides is 1. The summed E-state index contributed by atoms with van der Waals surface area (Å²) in [4.78, 5) is 15.9. The van der Waals surface area contributed by atoms with Crippen LogP contribution in [0.5, 0.6) is 0 Å². The highest BCUT2D eigenvalue weighted by Gasteiger charge is 2.29. The molecule has 1 amide bonds. The maximum atomic E-state index is 11.9. The van der Waals surface area contributed by atoms with Gasteiger partial charge in [-0.05, 0) is 37.7 Å². The van der Waals surface area contributed by atoms with Crippen molar-refractivity contribution >= 4 is 23.2 Å². The molecule has 3 nitrogen and oxygen atoms in total. The Labute approximate surface area is 113 Å². The molecule has 0 radical (unpaired) electrons. The molecule has 0 N–H and O–H groups in total. The molecule has 2 rings (SSSR count). The lowest BCUT2D eigenvalue weighted by Gasteiger charge is -2.18. The van der Waals surface area contributed by atoms with Gasteiger partial charge in [-0.25, -0.2) is 0 Å². The van der Waals surface area contributed by atoms with Crippen LogP contribution in [0.25, 0.3) is 0 Å². The molecule has 1 aromatic carbocycles. The molecule has 1 aromatic rings. The summed E-state index contributed by atoms with van der Waals surface area (Å²) >= 11 is 5.84. The fraction of sp³-hybridized carbons (Fsp3) is 0.500. The summed E-state index contributed by atoms with van der Waals surface area (Å²) in [6.07, 6.45) is 0.571. The van der Waals surface area contributed by atoms with Gasteiger partial charge in [0.25, 0.3) is 0 Å². The van der Waals surface area contributed by atoms with Crippen LogP contribution < -0.4 is 4.90 Å². The lowest BCUT2D eigenvalue weighted by molar-refractivity contribution is -0.117. The van der Waals surface area contributed by atoms with Gasteiger partial charge in [0.15, 0.2) is 0 Å².